The molecule has 31 heavy (non-hydrogen) atoms. The van der Waals surface area contributed by atoms with Gasteiger partial charge in [-0.05, 0) is 77.7 Å². The normalized spacial score (nSPS) is 18.3. The highest BCUT2D eigenvalue weighted by Crippen LogP contribution is 2.52. The number of unbranched alkanes of at least 4 members (excludes halogenated alkanes) is 1. The van der Waals surface area contributed by atoms with Gasteiger partial charge < -0.3 is 22.4 Å². The Morgan fingerprint density at radius 2 is 1.32 bits per heavy atom. The topological polar surface area (TPSA) is 63.2 Å². The minimum absolute atomic E-state index is 0.236. The van der Waals surface area contributed by atoms with Crippen LogP contribution in [-0.2, 0) is 27.2 Å². The van der Waals surface area contributed by atoms with Crippen LogP contribution < -0.4 is 0 Å². The summed E-state index contributed by atoms with van der Waals surface area (Å²) in [4.78, 5) is 11.9. The van der Waals surface area contributed by atoms with Gasteiger partial charge in [0.05, 0.1) is 16.6 Å². The van der Waals surface area contributed by atoms with Gasteiger partial charge in [-0.3, -0.25) is 4.79 Å². The van der Waals surface area contributed by atoms with Gasteiger partial charge in [0.2, 0.25) is 0 Å². The van der Waals surface area contributed by atoms with Gasteiger partial charge in [0.25, 0.3) is 0 Å². The second kappa shape index (κ2) is 17.0. The third kappa shape index (κ3) is 9.68. The van der Waals surface area contributed by atoms with Crippen molar-refractivity contribution in [3.05, 3.63) is 0 Å². The van der Waals surface area contributed by atoms with Crippen LogP contribution >= 0.6 is 25.3 Å². The fourth-order valence-corrected chi connectivity index (χ4v) is 6.58. The summed E-state index contributed by atoms with van der Waals surface area (Å²) in [6, 6.07) is 0. The molecular formula is C21H46O6S2Si2. The average molecular weight is 515 g/mol. The highest BCUT2D eigenvalue weighted by atomic mass is 32.1. The van der Waals surface area contributed by atoms with Crippen LogP contribution in [0.5, 0.6) is 0 Å². The molecule has 3 atom stereocenters. The molecule has 0 amide bonds. The SMILES string of the molecule is CCO[SiH2]OC(C)(CCCS)C(CC)(COC(C)=O)C(C)(CCCCS)O[SiH2]OCC. The first kappa shape index (κ1) is 31.4. The summed E-state index contributed by atoms with van der Waals surface area (Å²) in [6.45, 7) is 13.3. The highest BCUT2D eigenvalue weighted by molar-refractivity contribution is 7.80. The van der Waals surface area contributed by atoms with Gasteiger partial charge in [-0.2, -0.15) is 25.3 Å². The van der Waals surface area contributed by atoms with Crippen molar-refractivity contribution in [1.29, 1.82) is 0 Å². The molecule has 186 valence electrons. The molecule has 0 rings (SSSR count). The summed E-state index contributed by atoms with van der Waals surface area (Å²) in [5.41, 5.74) is -1.72. The Morgan fingerprint density at radius 3 is 1.71 bits per heavy atom. The van der Waals surface area contributed by atoms with Crippen molar-refractivity contribution in [3.8, 4) is 0 Å². The molecule has 0 spiro atoms. The summed E-state index contributed by atoms with van der Waals surface area (Å²) in [6.07, 6.45) is 5.19. The van der Waals surface area contributed by atoms with Gasteiger partial charge in [-0.15, -0.1) is 0 Å². The Bertz CT molecular complexity index is 479. The number of ether oxygens (including phenoxy) is 1. The lowest BCUT2D eigenvalue weighted by Gasteiger charge is -2.57. The standard InChI is InChI=1S/C21H46O6S2Si2/c1-7-21(17-23-18(4)22,20(6,14-12-16-29)27-31-25-9-3)19(5,13-10-11-15-28)26-30-24-8-2/h28-29H,7-17,30-31H2,1-6H3. The smallest absolute Gasteiger partial charge is 0.304 e. The Morgan fingerprint density at radius 1 is 0.839 bits per heavy atom. The molecule has 10 heteroatoms. The number of hydrogen-bond acceptors (Lipinski definition) is 8. The summed E-state index contributed by atoms with van der Waals surface area (Å²) in [5.74, 6) is 1.29. The fourth-order valence-electron chi connectivity index (χ4n) is 4.34. The lowest BCUT2D eigenvalue weighted by atomic mass is 9.58. The molecule has 0 aliphatic rings. The van der Waals surface area contributed by atoms with E-state index >= 15 is 0 Å². The Kier molecular flexibility index (Phi) is 17.2. The fraction of sp³-hybridized carbons (Fsp3) is 0.952. The molecule has 0 fully saturated rings. The van der Waals surface area contributed by atoms with Gasteiger partial charge >= 0.3 is 26.0 Å². The lowest BCUT2D eigenvalue weighted by Crippen LogP contribution is -2.64. The Balaban J connectivity index is 6.37. The van der Waals surface area contributed by atoms with Crippen molar-refractivity contribution in [2.45, 2.75) is 91.3 Å². The van der Waals surface area contributed by atoms with Gasteiger partial charge in [-0.1, -0.05) is 6.92 Å². The van der Waals surface area contributed by atoms with E-state index in [1.54, 1.807) is 0 Å². The quantitative estimate of drug-likeness (QED) is 0.112. The van der Waals surface area contributed by atoms with E-state index in [9.17, 15) is 4.79 Å². The zero-order valence-electron chi connectivity index (χ0n) is 20.5. The molecule has 0 N–H and O–H groups in total. The number of carbonyl (C=O) groups excluding carboxylic acids is 1. The zero-order valence-corrected chi connectivity index (χ0v) is 25.2. The van der Waals surface area contributed by atoms with Crippen LogP contribution in [0.1, 0.15) is 80.1 Å². The predicted octanol–water partition coefficient (Wildman–Crippen LogP) is 3.38. The molecule has 0 bridgehead atoms. The number of carbonyl (C=O) groups is 1. The second-order valence-electron chi connectivity index (χ2n) is 8.20. The number of hydrogen-bond donors (Lipinski definition) is 2. The number of thiol groups is 2. The van der Waals surface area contributed by atoms with Gasteiger partial charge in [-0.25, -0.2) is 0 Å². The maximum Gasteiger partial charge on any atom is 0.304 e. The average Bonchev–Trinajstić information content (AvgIpc) is 2.73. The Hall–Kier alpha value is 0.444. The molecule has 0 aliphatic heterocycles. The third-order valence-corrected chi connectivity index (χ3v) is 9.65. The number of rotatable bonds is 20. The summed E-state index contributed by atoms with van der Waals surface area (Å²) in [7, 11) is -2.41. The molecule has 0 heterocycles. The lowest BCUT2D eigenvalue weighted by molar-refractivity contribution is -0.203. The van der Waals surface area contributed by atoms with Crippen LogP contribution in [-0.4, -0.2) is 68.5 Å². The maximum absolute atomic E-state index is 11.9. The van der Waals surface area contributed by atoms with Crippen molar-refractivity contribution in [2.75, 3.05) is 31.3 Å². The highest BCUT2D eigenvalue weighted by Gasteiger charge is 2.59. The van der Waals surface area contributed by atoms with E-state index < -0.39 is 36.6 Å². The van der Waals surface area contributed by atoms with E-state index in [2.05, 4.69) is 46.0 Å². The second-order valence-corrected chi connectivity index (χ2v) is 11.0. The van der Waals surface area contributed by atoms with Gasteiger partial charge in [0, 0.05) is 20.1 Å². The number of esters is 1. The zero-order chi connectivity index (χ0) is 23.8. The summed E-state index contributed by atoms with van der Waals surface area (Å²) < 4.78 is 30.3. The van der Waals surface area contributed by atoms with Crippen LogP contribution in [0.15, 0.2) is 0 Å². The van der Waals surface area contributed by atoms with Crippen LogP contribution in [0.3, 0.4) is 0 Å². The molecule has 0 aromatic carbocycles. The van der Waals surface area contributed by atoms with E-state index in [0.29, 0.717) is 13.2 Å². The first-order valence-electron chi connectivity index (χ1n) is 11.5. The first-order chi connectivity index (χ1) is 14.7. The van der Waals surface area contributed by atoms with Crippen molar-refractivity contribution >= 4 is 51.2 Å². The van der Waals surface area contributed by atoms with E-state index in [0.717, 1.165) is 50.0 Å². The van der Waals surface area contributed by atoms with Crippen molar-refractivity contribution in [1.82, 2.24) is 0 Å². The molecule has 0 aromatic heterocycles. The minimum atomic E-state index is -1.20. The van der Waals surface area contributed by atoms with Crippen molar-refractivity contribution in [3.63, 3.8) is 0 Å². The molecule has 0 aromatic rings. The molecule has 6 nitrogen and oxygen atoms in total. The van der Waals surface area contributed by atoms with E-state index in [4.69, 9.17) is 22.4 Å². The third-order valence-electron chi connectivity index (χ3n) is 6.35. The van der Waals surface area contributed by atoms with E-state index in [1.807, 2.05) is 13.8 Å². The van der Waals surface area contributed by atoms with E-state index in [1.165, 1.54) is 6.92 Å². The van der Waals surface area contributed by atoms with Crippen LogP contribution in [0.4, 0.5) is 0 Å². The molecule has 0 aliphatic carbocycles. The molecule has 3 unspecified atom stereocenters. The monoisotopic (exact) mass is 514 g/mol. The van der Waals surface area contributed by atoms with Crippen molar-refractivity contribution in [2.24, 2.45) is 5.41 Å². The summed E-state index contributed by atoms with van der Waals surface area (Å²) >= 11 is 8.84. The predicted molar refractivity (Wildman–Crippen MR) is 139 cm³/mol. The van der Waals surface area contributed by atoms with Gasteiger partial charge in [0.15, 0.2) is 0 Å². The minimum Gasteiger partial charge on any atom is -0.465 e. The first-order valence-corrected chi connectivity index (χ1v) is 15.1. The molecular weight excluding hydrogens is 469 g/mol. The van der Waals surface area contributed by atoms with Crippen molar-refractivity contribution < 1.29 is 27.2 Å². The van der Waals surface area contributed by atoms with E-state index in [-0.39, 0.29) is 12.6 Å². The Labute approximate surface area is 206 Å². The summed E-state index contributed by atoms with van der Waals surface area (Å²) in [5, 5.41) is 0. The van der Waals surface area contributed by atoms with Crippen LogP contribution in [0.2, 0.25) is 0 Å². The van der Waals surface area contributed by atoms with Crippen LogP contribution in [0.25, 0.3) is 0 Å². The molecule has 0 saturated carbocycles. The molecule has 0 radical (unpaired) electrons. The largest absolute Gasteiger partial charge is 0.465 e. The maximum atomic E-state index is 11.9. The van der Waals surface area contributed by atoms with Gasteiger partial charge in [0.1, 0.15) is 6.61 Å². The molecule has 0 saturated heterocycles. The van der Waals surface area contributed by atoms with Crippen LogP contribution in [0, 0.1) is 5.41 Å².